The summed E-state index contributed by atoms with van der Waals surface area (Å²) in [6.07, 6.45) is 1.63. The first-order valence-corrected chi connectivity index (χ1v) is 8.35. The zero-order chi connectivity index (χ0) is 17.8. The topological polar surface area (TPSA) is 62.7 Å². The Balaban J connectivity index is 1.74. The molecular weight excluding hydrogens is 310 g/mol. The molecule has 0 fully saturated rings. The van der Waals surface area contributed by atoms with Crippen LogP contribution in [0.2, 0.25) is 0 Å². The van der Waals surface area contributed by atoms with E-state index in [9.17, 15) is 0 Å². The van der Waals surface area contributed by atoms with E-state index in [4.69, 9.17) is 0 Å². The van der Waals surface area contributed by atoms with Gasteiger partial charge in [-0.1, -0.05) is 47.5 Å². The molecule has 0 spiro atoms. The molecule has 2 N–H and O–H groups in total. The van der Waals surface area contributed by atoms with Crippen molar-refractivity contribution in [1.29, 1.82) is 0 Å². The van der Waals surface area contributed by atoms with E-state index < -0.39 is 0 Å². The number of aromatic nitrogens is 3. The summed E-state index contributed by atoms with van der Waals surface area (Å²) in [6, 6.07) is 12.7. The summed E-state index contributed by atoms with van der Waals surface area (Å²) >= 11 is 0. The molecule has 0 atom stereocenters. The van der Waals surface area contributed by atoms with Crippen LogP contribution in [0.15, 0.2) is 42.6 Å². The van der Waals surface area contributed by atoms with Crippen molar-refractivity contribution in [2.45, 2.75) is 34.2 Å². The Morgan fingerprint density at radius 1 is 0.920 bits per heavy atom. The van der Waals surface area contributed by atoms with Gasteiger partial charge in [0, 0.05) is 12.2 Å². The van der Waals surface area contributed by atoms with E-state index in [0.29, 0.717) is 18.3 Å². The van der Waals surface area contributed by atoms with E-state index in [1.54, 1.807) is 6.20 Å². The highest BCUT2D eigenvalue weighted by Crippen LogP contribution is 2.24. The second kappa shape index (κ2) is 7.30. The van der Waals surface area contributed by atoms with Crippen LogP contribution in [0.5, 0.6) is 0 Å². The maximum atomic E-state index is 4.51. The smallest absolute Gasteiger partial charge is 0.249 e. The van der Waals surface area contributed by atoms with E-state index in [-0.39, 0.29) is 0 Å². The Morgan fingerprint density at radius 3 is 2.40 bits per heavy atom. The van der Waals surface area contributed by atoms with Crippen LogP contribution in [-0.4, -0.2) is 15.2 Å². The first kappa shape index (κ1) is 16.9. The molecule has 1 heterocycles. The summed E-state index contributed by atoms with van der Waals surface area (Å²) in [4.78, 5) is 4.51. The van der Waals surface area contributed by atoms with Gasteiger partial charge in [-0.25, -0.2) is 0 Å². The molecule has 0 aliphatic rings. The first-order chi connectivity index (χ1) is 12.0. The van der Waals surface area contributed by atoms with Gasteiger partial charge in [-0.15, -0.1) is 5.10 Å². The van der Waals surface area contributed by atoms with Crippen molar-refractivity contribution < 1.29 is 0 Å². The van der Waals surface area contributed by atoms with Gasteiger partial charge in [0.25, 0.3) is 0 Å². The van der Waals surface area contributed by atoms with Crippen LogP contribution in [0, 0.1) is 27.7 Å². The van der Waals surface area contributed by atoms with Gasteiger partial charge in [-0.2, -0.15) is 10.1 Å². The number of nitrogens with zero attached hydrogens (tertiary/aromatic N) is 3. The lowest BCUT2D eigenvalue weighted by Crippen LogP contribution is -2.07. The Kier molecular flexibility index (Phi) is 4.93. The Morgan fingerprint density at radius 2 is 1.68 bits per heavy atom. The largest absolute Gasteiger partial charge is 0.365 e. The van der Waals surface area contributed by atoms with Gasteiger partial charge in [0.2, 0.25) is 5.95 Å². The number of hydrogen-bond donors (Lipinski definition) is 2. The molecule has 25 heavy (non-hydrogen) atoms. The Hall–Kier alpha value is -2.95. The van der Waals surface area contributed by atoms with Crippen LogP contribution in [0.1, 0.15) is 27.8 Å². The van der Waals surface area contributed by atoms with Crippen LogP contribution < -0.4 is 10.6 Å². The molecular formula is C20H23N5. The van der Waals surface area contributed by atoms with Gasteiger partial charge in [-0.3, -0.25) is 0 Å². The van der Waals surface area contributed by atoms with E-state index >= 15 is 0 Å². The number of nitrogens with one attached hydrogen (secondary N) is 2. The molecule has 5 heteroatoms. The van der Waals surface area contributed by atoms with Crippen molar-refractivity contribution in [3.05, 3.63) is 70.4 Å². The van der Waals surface area contributed by atoms with E-state index in [2.05, 4.69) is 89.9 Å². The monoisotopic (exact) mass is 333 g/mol. The van der Waals surface area contributed by atoms with Crippen molar-refractivity contribution in [3.63, 3.8) is 0 Å². The molecule has 0 aliphatic carbocycles. The fourth-order valence-electron chi connectivity index (χ4n) is 2.95. The number of anilines is 3. The standard InChI is InChI=1S/C20H23N5/c1-13-6-5-7-17(10-13)11-21-18-12-22-25-20(23-18)24-19-15(3)8-14(2)9-16(19)4/h5-10,12H,11H2,1-4H3,(H2,21,23,24,25). The second-order valence-electron chi connectivity index (χ2n) is 6.41. The minimum absolute atomic E-state index is 0.490. The van der Waals surface area contributed by atoms with E-state index in [0.717, 1.165) is 5.69 Å². The van der Waals surface area contributed by atoms with Gasteiger partial charge in [0.1, 0.15) is 0 Å². The minimum atomic E-state index is 0.490. The molecule has 0 saturated carbocycles. The molecule has 0 radical (unpaired) electrons. The molecule has 3 aromatic rings. The van der Waals surface area contributed by atoms with Gasteiger partial charge in [0.15, 0.2) is 5.82 Å². The lowest BCUT2D eigenvalue weighted by atomic mass is 10.1. The SMILES string of the molecule is Cc1cccc(CNc2cnnc(Nc3c(C)cc(C)cc3C)n2)c1. The van der Waals surface area contributed by atoms with Gasteiger partial charge < -0.3 is 10.6 Å². The van der Waals surface area contributed by atoms with Crippen LogP contribution in [-0.2, 0) is 6.54 Å². The fourth-order valence-corrected chi connectivity index (χ4v) is 2.95. The molecule has 0 aliphatic heterocycles. The number of benzene rings is 2. The summed E-state index contributed by atoms with van der Waals surface area (Å²) in [5.74, 6) is 1.19. The van der Waals surface area contributed by atoms with Gasteiger partial charge >= 0.3 is 0 Å². The third-order valence-electron chi connectivity index (χ3n) is 4.03. The predicted molar refractivity (Wildman–Crippen MR) is 102 cm³/mol. The van der Waals surface area contributed by atoms with E-state index in [1.165, 1.54) is 27.8 Å². The average molecular weight is 333 g/mol. The lowest BCUT2D eigenvalue weighted by Gasteiger charge is -2.13. The zero-order valence-electron chi connectivity index (χ0n) is 15.1. The molecule has 3 rings (SSSR count). The van der Waals surface area contributed by atoms with Crippen molar-refractivity contribution >= 4 is 17.5 Å². The molecule has 0 amide bonds. The normalized spacial score (nSPS) is 10.6. The summed E-state index contributed by atoms with van der Waals surface area (Å²) in [5, 5.41) is 14.7. The Labute approximate surface area is 148 Å². The third-order valence-corrected chi connectivity index (χ3v) is 4.03. The average Bonchev–Trinajstić information content (AvgIpc) is 2.57. The summed E-state index contributed by atoms with van der Waals surface area (Å²) in [5.41, 5.74) is 7.06. The van der Waals surface area contributed by atoms with Crippen LogP contribution in [0.25, 0.3) is 0 Å². The lowest BCUT2D eigenvalue weighted by molar-refractivity contribution is 0.964. The first-order valence-electron chi connectivity index (χ1n) is 8.35. The Bertz CT molecular complexity index is 866. The predicted octanol–water partition coefficient (Wildman–Crippen LogP) is 4.46. The minimum Gasteiger partial charge on any atom is -0.365 e. The molecule has 0 saturated heterocycles. The molecule has 128 valence electrons. The van der Waals surface area contributed by atoms with E-state index in [1.807, 2.05) is 0 Å². The van der Waals surface area contributed by atoms with Crippen LogP contribution in [0.4, 0.5) is 17.5 Å². The second-order valence-corrected chi connectivity index (χ2v) is 6.41. The van der Waals surface area contributed by atoms with Crippen molar-refractivity contribution in [2.24, 2.45) is 0 Å². The summed E-state index contributed by atoms with van der Waals surface area (Å²) in [7, 11) is 0. The number of hydrogen-bond acceptors (Lipinski definition) is 5. The van der Waals surface area contributed by atoms with Crippen LogP contribution >= 0.6 is 0 Å². The third kappa shape index (κ3) is 4.32. The number of aryl methyl sites for hydroxylation is 4. The maximum Gasteiger partial charge on any atom is 0.249 e. The highest BCUT2D eigenvalue weighted by atomic mass is 15.3. The summed E-state index contributed by atoms with van der Waals surface area (Å²) < 4.78 is 0. The summed E-state index contributed by atoms with van der Waals surface area (Å²) in [6.45, 7) is 9.04. The molecule has 1 aromatic heterocycles. The van der Waals surface area contributed by atoms with Crippen molar-refractivity contribution in [1.82, 2.24) is 15.2 Å². The van der Waals surface area contributed by atoms with Crippen molar-refractivity contribution in [3.8, 4) is 0 Å². The molecule has 0 bridgehead atoms. The van der Waals surface area contributed by atoms with Gasteiger partial charge in [-0.05, 0) is 44.4 Å². The molecule has 5 nitrogen and oxygen atoms in total. The highest BCUT2D eigenvalue weighted by Gasteiger charge is 2.07. The maximum absolute atomic E-state index is 4.51. The van der Waals surface area contributed by atoms with Crippen LogP contribution in [0.3, 0.4) is 0 Å². The highest BCUT2D eigenvalue weighted by molar-refractivity contribution is 5.64. The van der Waals surface area contributed by atoms with Crippen molar-refractivity contribution in [2.75, 3.05) is 10.6 Å². The number of rotatable bonds is 5. The zero-order valence-corrected chi connectivity index (χ0v) is 15.1. The quantitative estimate of drug-likeness (QED) is 0.722. The van der Waals surface area contributed by atoms with Gasteiger partial charge in [0.05, 0.1) is 6.20 Å². The molecule has 2 aromatic carbocycles. The fraction of sp³-hybridized carbons (Fsp3) is 0.250. The molecule has 0 unspecified atom stereocenters.